The molecule has 0 amide bonds. The Bertz CT molecular complexity index is 356. The Balaban J connectivity index is 2.06. The zero-order valence-corrected chi connectivity index (χ0v) is 10.2. The van der Waals surface area contributed by atoms with Gasteiger partial charge in [0.1, 0.15) is 29.8 Å². The van der Waals surface area contributed by atoms with E-state index in [0.717, 1.165) is 11.8 Å². The number of hydrogen-bond acceptors (Lipinski definition) is 6. The highest BCUT2D eigenvalue weighted by atomic mass is 32.2. The minimum atomic E-state index is -2.85. The van der Waals surface area contributed by atoms with E-state index >= 15 is 0 Å². The van der Waals surface area contributed by atoms with Crippen molar-refractivity contribution in [2.24, 2.45) is 4.99 Å². The highest BCUT2D eigenvalue weighted by Gasteiger charge is 2.50. The number of aliphatic hydroxyl groups is 2. The third-order valence-corrected chi connectivity index (χ3v) is 3.84. The van der Waals surface area contributed by atoms with E-state index < -0.39 is 36.2 Å². The summed E-state index contributed by atoms with van der Waals surface area (Å²) in [5, 5.41) is 22.7. The van der Waals surface area contributed by atoms with Gasteiger partial charge in [-0.05, 0) is 0 Å². The SMILES string of the molecule is C=CCNC1=N[C@@H]2[C@@H](O)[C@H](O)[C@@H](C(F)F)O[C@@H]2S1. The maximum atomic E-state index is 12.6. The number of aliphatic imine (C=N–C) groups is 1. The van der Waals surface area contributed by atoms with E-state index in [9.17, 15) is 19.0 Å². The summed E-state index contributed by atoms with van der Waals surface area (Å²) in [7, 11) is 0. The van der Waals surface area contributed by atoms with Gasteiger partial charge in [-0.3, -0.25) is 4.99 Å². The molecule has 0 bridgehead atoms. The highest BCUT2D eigenvalue weighted by Crippen LogP contribution is 2.37. The van der Waals surface area contributed by atoms with E-state index in [2.05, 4.69) is 16.9 Å². The van der Waals surface area contributed by atoms with Crippen LogP contribution in [0.15, 0.2) is 17.6 Å². The van der Waals surface area contributed by atoms with Crippen LogP contribution in [0.5, 0.6) is 0 Å². The zero-order chi connectivity index (χ0) is 13.3. The van der Waals surface area contributed by atoms with E-state index in [-0.39, 0.29) is 0 Å². The van der Waals surface area contributed by atoms with Gasteiger partial charge in [0.05, 0.1) is 0 Å². The van der Waals surface area contributed by atoms with Crippen LogP contribution >= 0.6 is 11.8 Å². The number of thioether (sulfide) groups is 1. The number of rotatable bonds is 3. The Morgan fingerprint density at radius 1 is 1.50 bits per heavy atom. The van der Waals surface area contributed by atoms with E-state index in [1.54, 1.807) is 6.08 Å². The average molecular weight is 280 g/mol. The monoisotopic (exact) mass is 280 g/mol. The molecule has 1 fully saturated rings. The second-order valence-electron chi connectivity index (χ2n) is 4.00. The molecule has 0 spiro atoms. The van der Waals surface area contributed by atoms with E-state index in [1.165, 1.54) is 0 Å². The number of alkyl halides is 2. The van der Waals surface area contributed by atoms with Crippen molar-refractivity contribution in [2.45, 2.75) is 36.2 Å². The lowest BCUT2D eigenvalue weighted by atomic mass is 9.98. The van der Waals surface area contributed by atoms with Gasteiger partial charge in [-0.1, -0.05) is 17.8 Å². The molecule has 1 saturated heterocycles. The van der Waals surface area contributed by atoms with Crippen molar-refractivity contribution in [2.75, 3.05) is 6.54 Å². The summed E-state index contributed by atoms with van der Waals surface area (Å²) in [5.41, 5.74) is -0.699. The summed E-state index contributed by atoms with van der Waals surface area (Å²) in [5.74, 6) is 0. The van der Waals surface area contributed by atoms with Crippen molar-refractivity contribution in [1.82, 2.24) is 5.32 Å². The molecule has 2 heterocycles. The normalized spacial score (nSPS) is 39.4. The smallest absolute Gasteiger partial charge is 0.267 e. The Hall–Kier alpha value is -0.700. The van der Waals surface area contributed by atoms with Crippen LogP contribution in [0.3, 0.4) is 0 Å². The zero-order valence-electron chi connectivity index (χ0n) is 9.37. The molecule has 3 N–H and O–H groups in total. The third-order valence-electron chi connectivity index (χ3n) is 2.75. The van der Waals surface area contributed by atoms with Gasteiger partial charge in [0, 0.05) is 6.54 Å². The lowest BCUT2D eigenvalue weighted by Crippen LogP contribution is -2.56. The molecule has 0 unspecified atom stereocenters. The maximum Gasteiger partial charge on any atom is 0.267 e. The minimum absolute atomic E-state index is 0.474. The van der Waals surface area contributed by atoms with Gasteiger partial charge in [-0.15, -0.1) is 6.58 Å². The van der Waals surface area contributed by atoms with Gasteiger partial charge in [0.15, 0.2) is 5.17 Å². The number of ether oxygens (including phenoxy) is 1. The molecule has 2 aliphatic heterocycles. The van der Waals surface area contributed by atoms with Crippen LogP contribution < -0.4 is 5.32 Å². The number of nitrogens with zero attached hydrogens (tertiary/aromatic N) is 1. The van der Waals surface area contributed by atoms with Crippen molar-refractivity contribution in [3.63, 3.8) is 0 Å². The number of fused-ring (bicyclic) bond motifs is 1. The molecule has 0 aromatic carbocycles. The first-order valence-corrected chi connectivity index (χ1v) is 6.31. The van der Waals surface area contributed by atoms with Gasteiger partial charge in [-0.25, -0.2) is 8.78 Å². The maximum absolute atomic E-state index is 12.6. The van der Waals surface area contributed by atoms with Crippen LogP contribution in [0.2, 0.25) is 0 Å². The Kier molecular flexibility index (Phi) is 4.21. The fourth-order valence-corrected chi connectivity index (χ4v) is 2.95. The number of aliphatic hydroxyl groups excluding tert-OH is 2. The fourth-order valence-electron chi connectivity index (χ4n) is 1.84. The molecule has 8 heteroatoms. The Labute approximate surface area is 107 Å². The van der Waals surface area contributed by atoms with Crippen LogP contribution in [0.1, 0.15) is 0 Å². The molecule has 2 rings (SSSR count). The van der Waals surface area contributed by atoms with Crippen molar-refractivity contribution >= 4 is 16.9 Å². The van der Waals surface area contributed by atoms with E-state index in [1.807, 2.05) is 0 Å². The van der Waals surface area contributed by atoms with Gasteiger partial charge in [0.25, 0.3) is 6.43 Å². The minimum Gasteiger partial charge on any atom is -0.388 e. The molecule has 0 aromatic heterocycles. The van der Waals surface area contributed by atoms with Crippen LogP contribution in [-0.4, -0.2) is 58.1 Å². The van der Waals surface area contributed by atoms with Crippen LogP contribution in [0.25, 0.3) is 0 Å². The molecular weight excluding hydrogens is 266 g/mol. The fraction of sp³-hybridized carbons (Fsp3) is 0.700. The van der Waals surface area contributed by atoms with Crippen molar-refractivity contribution in [3.05, 3.63) is 12.7 Å². The van der Waals surface area contributed by atoms with Crippen molar-refractivity contribution < 1.29 is 23.7 Å². The molecule has 2 aliphatic rings. The van der Waals surface area contributed by atoms with Crippen LogP contribution in [0.4, 0.5) is 8.78 Å². The number of hydrogen-bond donors (Lipinski definition) is 3. The summed E-state index contributed by atoms with van der Waals surface area (Å²) >= 11 is 1.13. The summed E-state index contributed by atoms with van der Waals surface area (Å²) in [6.45, 7) is 4.00. The van der Waals surface area contributed by atoms with Crippen molar-refractivity contribution in [1.29, 1.82) is 0 Å². The second kappa shape index (κ2) is 5.52. The highest BCUT2D eigenvalue weighted by molar-refractivity contribution is 8.14. The van der Waals surface area contributed by atoms with Crippen LogP contribution in [0, 0.1) is 0 Å². The first-order chi connectivity index (χ1) is 8.54. The molecule has 0 aliphatic carbocycles. The van der Waals surface area contributed by atoms with Gasteiger partial charge in [-0.2, -0.15) is 0 Å². The number of halogens is 2. The second-order valence-corrected chi connectivity index (χ2v) is 5.08. The molecular formula is C10H14F2N2O3S. The van der Waals surface area contributed by atoms with Gasteiger partial charge in [0.2, 0.25) is 0 Å². The standard InChI is InChI=1S/C10H14F2N2O3S/c1-2-3-13-10-14-4-5(15)6(16)7(8(11)12)17-9(4)18-10/h2,4-9,15-16H,1,3H2,(H,13,14)/t4-,5-,6+,7+,9-/m1/s1. The average Bonchev–Trinajstić information content (AvgIpc) is 2.74. The third kappa shape index (κ3) is 2.51. The predicted molar refractivity (Wildman–Crippen MR) is 63.7 cm³/mol. The molecule has 0 aromatic rings. The summed E-state index contributed by atoms with van der Waals surface area (Å²) in [6, 6.07) is -0.729. The van der Waals surface area contributed by atoms with Crippen LogP contribution in [-0.2, 0) is 4.74 Å². The van der Waals surface area contributed by atoms with Gasteiger partial charge < -0.3 is 20.3 Å². The van der Waals surface area contributed by atoms with Gasteiger partial charge >= 0.3 is 0 Å². The molecule has 102 valence electrons. The summed E-state index contributed by atoms with van der Waals surface area (Å²) in [4.78, 5) is 4.11. The molecule has 0 saturated carbocycles. The lowest BCUT2D eigenvalue weighted by Gasteiger charge is -2.37. The van der Waals surface area contributed by atoms with E-state index in [4.69, 9.17) is 4.74 Å². The summed E-state index contributed by atoms with van der Waals surface area (Å²) in [6.07, 6.45) is -5.88. The summed E-state index contributed by atoms with van der Waals surface area (Å²) < 4.78 is 30.3. The number of nitrogens with one attached hydrogen (secondary N) is 1. The first-order valence-electron chi connectivity index (χ1n) is 5.43. The molecule has 5 nitrogen and oxygen atoms in total. The predicted octanol–water partition coefficient (Wildman–Crippen LogP) is -0.0548. The Morgan fingerprint density at radius 3 is 2.83 bits per heavy atom. The lowest BCUT2D eigenvalue weighted by molar-refractivity contribution is -0.193. The quantitative estimate of drug-likeness (QED) is 0.632. The topological polar surface area (TPSA) is 74.1 Å². The largest absolute Gasteiger partial charge is 0.388 e. The first kappa shape index (κ1) is 13.7. The Morgan fingerprint density at radius 2 is 2.22 bits per heavy atom. The molecule has 18 heavy (non-hydrogen) atoms. The molecule has 0 radical (unpaired) electrons. The molecule has 5 atom stereocenters. The van der Waals surface area contributed by atoms with Crippen molar-refractivity contribution in [3.8, 4) is 0 Å². The number of amidine groups is 1. The van der Waals surface area contributed by atoms with E-state index in [0.29, 0.717) is 11.7 Å².